The van der Waals surface area contributed by atoms with E-state index in [9.17, 15) is 9.00 Å². The summed E-state index contributed by atoms with van der Waals surface area (Å²) in [7, 11) is 0.695. The molecule has 1 amide bonds. The minimum atomic E-state index is -0.889. The maximum absolute atomic E-state index is 12.9. The highest BCUT2D eigenvalue weighted by atomic mass is 32.2. The third-order valence-electron chi connectivity index (χ3n) is 4.04. The van der Waals surface area contributed by atoms with Gasteiger partial charge >= 0.3 is 0 Å². The van der Waals surface area contributed by atoms with Gasteiger partial charge < -0.3 is 9.64 Å². The Bertz CT molecular complexity index is 717. The summed E-state index contributed by atoms with van der Waals surface area (Å²) in [4.78, 5) is 14.8. The van der Waals surface area contributed by atoms with E-state index in [4.69, 9.17) is 4.74 Å². The van der Waals surface area contributed by atoms with Crippen LogP contribution < -0.4 is 4.74 Å². The Balaban J connectivity index is 1.91. The molecule has 120 valence electrons. The van der Waals surface area contributed by atoms with Crippen LogP contribution in [0.5, 0.6) is 5.75 Å². The van der Waals surface area contributed by atoms with Crippen molar-refractivity contribution < 1.29 is 13.7 Å². The van der Waals surface area contributed by atoms with Crippen LogP contribution in [0.25, 0.3) is 0 Å². The number of carbonyl (C=O) groups excluding carboxylic acids is 1. The van der Waals surface area contributed by atoms with Gasteiger partial charge in [0.15, 0.2) is 0 Å². The Labute approximate surface area is 138 Å². The second-order valence-electron chi connectivity index (χ2n) is 5.47. The molecular weight excluding hydrogens is 310 g/mol. The van der Waals surface area contributed by atoms with Gasteiger partial charge in [0.2, 0.25) is 0 Å². The van der Waals surface area contributed by atoms with Crippen LogP contribution in [0, 0.1) is 0 Å². The van der Waals surface area contributed by atoms with Crippen molar-refractivity contribution >= 4 is 16.7 Å². The van der Waals surface area contributed by atoms with Crippen LogP contribution in [0.4, 0.5) is 0 Å². The number of rotatable bonds is 3. The molecule has 1 aliphatic rings. The average molecular weight is 329 g/mol. The number of amides is 1. The quantitative estimate of drug-likeness (QED) is 0.870. The molecule has 0 unspecified atom stereocenters. The normalized spacial score (nSPS) is 21.0. The van der Waals surface area contributed by atoms with Crippen LogP contribution in [0.3, 0.4) is 0 Å². The summed E-state index contributed by atoms with van der Waals surface area (Å²) in [5, 5.41) is 0. The highest BCUT2D eigenvalue weighted by Gasteiger charge is 2.31. The second kappa shape index (κ2) is 6.96. The van der Waals surface area contributed by atoms with Crippen molar-refractivity contribution in [1.29, 1.82) is 0 Å². The molecule has 4 nitrogen and oxygen atoms in total. The molecule has 1 heterocycles. The van der Waals surface area contributed by atoms with Gasteiger partial charge in [-0.05, 0) is 23.8 Å². The van der Waals surface area contributed by atoms with Crippen molar-refractivity contribution in [2.45, 2.75) is 6.04 Å². The highest BCUT2D eigenvalue weighted by molar-refractivity contribution is 7.85. The van der Waals surface area contributed by atoms with Gasteiger partial charge in [0.25, 0.3) is 5.91 Å². The lowest BCUT2D eigenvalue weighted by atomic mass is 10.1. The van der Waals surface area contributed by atoms with E-state index in [1.165, 1.54) is 0 Å². The van der Waals surface area contributed by atoms with Gasteiger partial charge in [-0.3, -0.25) is 9.00 Å². The van der Waals surface area contributed by atoms with Gasteiger partial charge in [-0.2, -0.15) is 0 Å². The molecule has 0 N–H and O–H groups in total. The Morgan fingerprint density at radius 3 is 2.70 bits per heavy atom. The van der Waals surface area contributed by atoms with Crippen LogP contribution in [0.1, 0.15) is 22.0 Å². The molecule has 5 heteroatoms. The molecule has 2 aromatic rings. The molecular formula is C18H19NO3S. The van der Waals surface area contributed by atoms with E-state index >= 15 is 0 Å². The lowest BCUT2D eigenvalue weighted by Gasteiger charge is -2.35. The molecule has 0 aliphatic carbocycles. The van der Waals surface area contributed by atoms with Gasteiger partial charge in [0, 0.05) is 34.4 Å². The molecule has 1 aliphatic heterocycles. The number of ether oxygens (including phenoxy) is 1. The summed E-state index contributed by atoms with van der Waals surface area (Å²) in [5.74, 6) is 1.63. The number of hydrogen-bond donors (Lipinski definition) is 0. The fourth-order valence-corrected chi connectivity index (χ4v) is 4.11. The number of hydrogen-bond acceptors (Lipinski definition) is 3. The maximum atomic E-state index is 12.9. The van der Waals surface area contributed by atoms with Crippen molar-refractivity contribution in [2.75, 3.05) is 25.2 Å². The zero-order valence-electron chi connectivity index (χ0n) is 13.0. The number of nitrogens with zero attached hydrogens (tertiary/aromatic N) is 1. The molecule has 1 saturated heterocycles. The van der Waals surface area contributed by atoms with Gasteiger partial charge in [-0.15, -0.1) is 0 Å². The summed E-state index contributed by atoms with van der Waals surface area (Å²) in [6.07, 6.45) is 0. The molecule has 2 atom stereocenters. The third-order valence-corrected chi connectivity index (χ3v) is 5.37. The van der Waals surface area contributed by atoms with E-state index in [2.05, 4.69) is 0 Å². The fraction of sp³-hybridized carbons (Fsp3) is 0.278. The van der Waals surface area contributed by atoms with Gasteiger partial charge in [0.05, 0.1) is 13.2 Å². The molecule has 0 bridgehead atoms. The molecule has 2 aromatic carbocycles. The Hall–Kier alpha value is -2.14. The van der Waals surface area contributed by atoms with Gasteiger partial charge in [-0.25, -0.2) is 0 Å². The van der Waals surface area contributed by atoms with Crippen molar-refractivity contribution in [2.24, 2.45) is 0 Å². The zero-order chi connectivity index (χ0) is 16.2. The smallest absolute Gasteiger partial charge is 0.254 e. The first kappa shape index (κ1) is 15.7. The van der Waals surface area contributed by atoms with E-state index in [-0.39, 0.29) is 11.9 Å². The first-order valence-electron chi connectivity index (χ1n) is 7.54. The van der Waals surface area contributed by atoms with E-state index in [1.54, 1.807) is 19.2 Å². The summed E-state index contributed by atoms with van der Waals surface area (Å²) < 4.78 is 17.2. The zero-order valence-corrected chi connectivity index (χ0v) is 13.8. The Kier molecular flexibility index (Phi) is 4.76. The Morgan fingerprint density at radius 2 is 1.96 bits per heavy atom. The molecule has 1 fully saturated rings. The van der Waals surface area contributed by atoms with Crippen LogP contribution in [0.15, 0.2) is 54.6 Å². The molecule has 0 spiro atoms. The van der Waals surface area contributed by atoms with Gasteiger partial charge in [0.1, 0.15) is 5.75 Å². The summed E-state index contributed by atoms with van der Waals surface area (Å²) in [6, 6.07) is 16.8. The van der Waals surface area contributed by atoms with Crippen LogP contribution in [-0.2, 0) is 10.8 Å². The molecule has 0 radical (unpaired) electrons. The number of benzene rings is 2. The summed E-state index contributed by atoms with van der Waals surface area (Å²) in [5.41, 5.74) is 1.62. The minimum Gasteiger partial charge on any atom is -0.497 e. The minimum absolute atomic E-state index is 0.0468. The van der Waals surface area contributed by atoms with Crippen molar-refractivity contribution in [3.8, 4) is 5.75 Å². The van der Waals surface area contributed by atoms with Crippen LogP contribution in [0.2, 0.25) is 0 Å². The second-order valence-corrected chi connectivity index (χ2v) is 7.09. The largest absolute Gasteiger partial charge is 0.497 e. The predicted molar refractivity (Wildman–Crippen MR) is 91.1 cm³/mol. The van der Waals surface area contributed by atoms with E-state index in [0.29, 0.717) is 29.4 Å². The van der Waals surface area contributed by atoms with Crippen LogP contribution >= 0.6 is 0 Å². The molecule has 0 aromatic heterocycles. The molecule has 3 rings (SSSR count). The monoisotopic (exact) mass is 329 g/mol. The van der Waals surface area contributed by atoms with Gasteiger partial charge in [-0.1, -0.05) is 36.4 Å². The van der Waals surface area contributed by atoms with Crippen LogP contribution in [-0.4, -0.2) is 40.2 Å². The summed E-state index contributed by atoms with van der Waals surface area (Å²) in [6.45, 7) is 0.502. The standard InChI is InChI=1S/C18H19NO3S/c1-22-16-9-5-8-15(12-16)18(20)19-10-11-23(21)13-17(19)14-6-3-2-4-7-14/h2-9,12,17H,10-11,13H2,1H3/t17-,23-/m0/s1. The molecule has 0 saturated carbocycles. The van der Waals surface area contributed by atoms with Crippen molar-refractivity contribution in [3.05, 3.63) is 65.7 Å². The summed E-state index contributed by atoms with van der Waals surface area (Å²) >= 11 is 0. The average Bonchev–Trinajstić information content (AvgIpc) is 2.62. The van der Waals surface area contributed by atoms with E-state index in [0.717, 1.165) is 5.56 Å². The van der Waals surface area contributed by atoms with E-state index in [1.807, 2.05) is 47.4 Å². The first-order valence-corrected chi connectivity index (χ1v) is 9.03. The number of methoxy groups -OCH3 is 1. The maximum Gasteiger partial charge on any atom is 0.254 e. The van der Waals surface area contributed by atoms with Crippen molar-refractivity contribution in [3.63, 3.8) is 0 Å². The lowest BCUT2D eigenvalue weighted by Crippen LogP contribution is -2.44. The first-order chi connectivity index (χ1) is 11.2. The SMILES string of the molecule is COc1cccc(C(=O)N2CC[S@](=O)C[C@H]2c2ccccc2)c1. The topological polar surface area (TPSA) is 46.6 Å². The van der Waals surface area contributed by atoms with Crippen molar-refractivity contribution in [1.82, 2.24) is 4.90 Å². The lowest BCUT2D eigenvalue weighted by molar-refractivity contribution is 0.0699. The molecule has 23 heavy (non-hydrogen) atoms. The highest BCUT2D eigenvalue weighted by Crippen LogP contribution is 2.27. The van der Waals surface area contributed by atoms with E-state index < -0.39 is 10.8 Å². The Morgan fingerprint density at radius 1 is 1.17 bits per heavy atom. The fourth-order valence-electron chi connectivity index (χ4n) is 2.82. The third kappa shape index (κ3) is 3.45. The number of carbonyl (C=O) groups is 1. The predicted octanol–water partition coefficient (Wildman–Crippen LogP) is 2.64.